The number of carbonyl (C=O) groups is 1. The third-order valence-corrected chi connectivity index (χ3v) is 5.21. The van der Waals surface area contributed by atoms with Crippen LogP contribution in [-0.4, -0.2) is 26.4 Å². The molecule has 0 atom stereocenters. The molecule has 0 unspecified atom stereocenters. The first kappa shape index (κ1) is 20.7. The van der Waals surface area contributed by atoms with Crippen LogP contribution < -0.4 is 5.32 Å². The topological polar surface area (TPSA) is 59.8 Å². The lowest BCUT2D eigenvalue weighted by Gasteiger charge is -2.10. The molecule has 0 aliphatic heterocycles. The van der Waals surface area contributed by atoms with Gasteiger partial charge in [-0.05, 0) is 48.5 Å². The van der Waals surface area contributed by atoms with Gasteiger partial charge in [-0.3, -0.25) is 9.36 Å². The Balaban J connectivity index is 1.59. The molecule has 9 heteroatoms. The van der Waals surface area contributed by atoms with E-state index in [1.165, 1.54) is 12.1 Å². The average Bonchev–Trinajstić information content (AvgIpc) is 3.20. The number of carbonyl (C=O) groups excluding carboxylic acids is 1. The summed E-state index contributed by atoms with van der Waals surface area (Å²) < 4.78 is 42.1. The van der Waals surface area contributed by atoms with E-state index in [0.717, 1.165) is 35.6 Å². The van der Waals surface area contributed by atoms with Crippen molar-refractivity contribution in [2.24, 2.45) is 0 Å². The first-order chi connectivity index (χ1) is 15.0. The Morgan fingerprint density at radius 3 is 2.35 bits per heavy atom. The van der Waals surface area contributed by atoms with Crippen molar-refractivity contribution in [3.05, 3.63) is 90.2 Å². The highest BCUT2D eigenvalue weighted by Gasteiger charge is 2.18. The molecular weight excluding hydrogens is 425 g/mol. The minimum atomic E-state index is -0.731. The van der Waals surface area contributed by atoms with Crippen molar-refractivity contribution in [1.29, 1.82) is 0 Å². The van der Waals surface area contributed by atoms with E-state index in [-0.39, 0.29) is 17.3 Å². The van der Waals surface area contributed by atoms with Gasteiger partial charge in [0.2, 0.25) is 5.91 Å². The molecule has 156 valence electrons. The third kappa shape index (κ3) is 4.77. The Labute approximate surface area is 179 Å². The summed E-state index contributed by atoms with van der Waals surface area (Å²) in [6.07, 6.45) is 0. The number of hydrogen-bond acceptors (Lipinski definition) is 4. The Bertz CT molecular complexity index is 1210. The van der Waals surface area contributed by atoms with Gasteiger partial charge < -0.3 is 5.32 Å². The van der Waals surface area contributed by atoms with E-state index in [9.17, 15) is 18.0 Å². The van der Waals surface area contributed by atoms with Crippen LogP contribution in [-0.2, 0) is 4.79 Å². The van der Waals surface area contributed by atoms with Crippen molar-refractivity contribution in [2.45, 2.75) is 5.16 Å². The molecule has 0 bridgehead atoms. The van der Waals surface area contributed by atoms with Gasteiger partial charge in [-0.2, -0.15) is 0 Å². The number of hydrogen-bond donors (Lipinski definition) is 1. The molecule has 0 aliphatic rings. The summed E-state index contributed by atoms with van der Waals surface area (Å²) in [5, 5.41) is 11.1. The molecule has 3 aromatic carbocycles. The van der Waals surface area contributed by atoms with E-state index >= 15 is 0 Å². The predicted octanol–water partition coefficient (Wildman–Crippen LogP) is 5.08. The quantitative estimate of drug-likeness (QED) is 0.425. The third-order valence-electron chi connectivity index (χ3n) is 4.29. The zero-order chi connectivity index (χ0) is 21.8. The molecule has 0 saturated heterocycles. The Kier molecular flexibility index (Phi) is 6.03. The number of para-hydroxylation sites is 1. The fourth-order valence-electron chi connectivity index (χ4n) is 2.87. The van der Waals surface area contributed by atoms with Gasteiger partial charge in [0.15, 0.2) is 11.0 Å². The number of amides is 1. The molecule has 31 heavy (non-hydrogen) atoms. The smallest absolute Gasteiger partial charge is 0.234 e. The molecule has 4 rings (SSSR count). The van der Waals surface area contributed by atoms with Crippen molar-refractivity contribution < 1.29 is 18.0 Å². The predicted molar refractivity (Wildman–Crippen MR) is 112 cm³/mol. The fourth-order valence-corrected chi connectivity index (χ4v) is 3.62. The molecule has 0 fully saturated rings. The van der Waals surface area contributed by atoms with Gasteiger partial charge in [0.1, 0.15) is 17.5 Å². The summed E-state index contributed by atoms with van der Waals surface area (Å²) in [6, 6.07) is 17.9. The molecule has 0 radical (unpaired) electrons. The van der Waals surface area contributed by atoms with E-state index < -0.39 is 17.5 Å². The van der Waals surface area contributed by atoms with Crippen molar-refractivity contribution in [1.82, 2.24) is 14.8 Å². The summed E-state index contributed by atoms with van der Waals surface area (Å²) in [6.45, 7) is 0. The molecule has 0 spiro atoms. The molecule has 1 heterocycles. The molecule has 0 saturated carbocycles. The first-order valence-corrected chi connectivity index (χ1v) is 10.1. The Hall–Kier alpha value is -3.59. The van der Waals surface area contributed by atoms with Gasteiger partial charge >= 0.3 is 0 Å². The summed E-state index contributed by atoms with van der Waals surface area (Å²) in [5.41, 5.74) is 1.17. The second-order valence-corrected chi connectivity index (χ2v) is 7.39. The minimum Gasteiger partial charge on any atom is -0.323 e. The lowest BCUT2D eigenvalue weighted by atomic mass is 10.2. The van der Waals surface area contributed by atoms with Crippen molar-refractivity contribution in [3.8, 4) is 17.1 Å². The van der Waals surface area contributed by atoms with Crippen LogP contribution in [0, 0.1) is 17.5 Å². The standard InChI is InChI=1S/C22H15F3N4OS/c23-15-8-6-14(7-9-15)21-27-28-22(29(21)17-4-2-1-3-5-17)31-13-20(30)26-19-12-16(24)10-11-18(19)25/h1-12H,13H2,(H,26,30). The van der Waals surface area contributed by atoms with Gasteiger partial charge in [0.05, 0.1) is 11.4 Å². The monoisotopic (exact) mass is 440 g/mol. The zero-order valence-corrected chi connectivity index (χ0v) is 16.7. The van der Waals surface area contributed by atoms with E-state index in [2.05, 4.69) is 15.5 Å². The van der Waals surface area contributed by atoms with Gasteiger partial charge in [0.25, 0.3) is 0 Å². The Morgan fingerprint density at radius 2 is 1.61 bits per heavy atom. The number of rotatable bonds is 6. The van der Waals surface area contributed by atoms with Crippen LogP contribution in [0.2, 0.25) is 0 Å². The number of halogens is 3. The highest BCUT2D eigenvalue weighted by Crippen LogP contribution is 2.28. The molecule has 1 amide bonds. The molecular formula is C22H15F3N4OS. The maximum Gasteiger partial charge on any atom is 0.234 e. The second-order valence-electron chi connectivity index (χ2n) is 6.45. The summed E-state index contributed by atoms with van der Waals surface area (Å²) in [4.78, 5) is 12.3. The summed E-state index contributed by atoms with van der Waals surface area (Å²) >= 11 is 1.08. The van der Waals surface area contributed by atoms with Crippen LogP contribution >= 0.6 is 11.8 Å². The van der Waals surface area contributed by atoms with Crippen molar-refractivity contribution >= 4 is 23.4 Å². The largest absolute Gasteiger partial charge is 0.323 e. The van der Waals surface area contributed by atoms with E-state index in [4.69, 9.17) is 0 Å². The van der Waals surface area contributed by atoms with Crippen LogP contribution in [0.5, 0.6) is 0 Å². The average molecular weight is 440 g/mol. The molecule has 1 aromatic heterocycles. The SMILES string of the molecule is O=C(CSc1nnc(-c2ccc(F)cc2)n1-c1ccccc1)Nc1cc(F)ccc1F. The number of thioether (sulfide) groups is 1. The lowest BCUT2D eigenvalue weighted by molar-refractivity contribution is -0.113. The lowest BCUT2D eigenvalue weighted by Crippen LogP contribution is -2.15. The maximum atomic E-state index is 13.8. The van der Waals surface area contributed by atoms with Gasteiger partial charge in [-0.1, -0.05) is 30.0 Å². The van der Waals surface area contributed by atoms with Crippen LogP contribution in [0.1, 0.15) is 0 Å². The van der Waals surface area contributed by atoms with Crippen LogP contribution in [0.4, 0.5) is 18.9 Å². The fraction of sp³-hybridized carbons (Fsp3) is 0.0455. The van der Waals surface area contributed by atoms with Gasteiger partial charge in [-0.25, -0.2) is 13.2 Å². The minimum absolute atomic E-state index is 0.107. The normalized spacial score (nSPS) is 10.8. The number of anilines is 1. The zero-order valence-electron chi connectivity index (χ0n) is 15.9. The van der Waals surface area contributed by atoms with Gasteiger partial charge in [-0.15, -0.1) is 10.2 Å². The molecule has 5 nitrogen and oxygen atoms in total. The summed E-state index contributed by atoms with van der Waals surface area (Å²) in [5.74, 6) is -1.91. The molecule has 0 aliphatic carbocycles. The van der Waals surface area contributed by atoms with Crippen molar-refractivity contribution in [3.63, 3.8) is 0 Å². The number of benzene rings is 3. The van der Waals surface area contributed by atoms with Crippen LogP contribution in [0.15, 0.2) is 78.0 Å². The first-order valence-electron chi connectivity index (χ1n) is 9.16. The van der Waals surface area contributed by atoms with Crippen LogP contribution in [0.3, 0.4) is 0 Å². The van der Waals surface area contributed by atoms with E-state index in [1.807, 2.05) is 30.3 Å². The number of nitrogens with zero attached hydrogens (tertiary/aromatic N) is 3. The van der Waals surface area contributed by atoms with Gasteiger partial charge in [0, 0.05) is 17.3 Å². The van der Waals surface area contributed by atoms with Crippen LogP contribution in [0.25, 0.3) is 17.1 Å². The molecule has 4 aromatic rings. The Morgan fingerprint density at radius 1 is 0.903 bits per heavy atom. The summed E-state index contributed by atoms with van der Waals surface area (Å²) in [7, 11) is 0. The highest BCUT2D eigenvalue weighted by atomic mass is 32.2. The van der Waals surface area contributed by atoms with Crippen molar-refractivity contribution in [2.75, 3.05) is 11.1 Å². The number of nitrogens with one attached hydrogen (secondary N) is 1. The highest BCUT2D eigenvalue weighted by molar-refractivity contribution is 7.99. The molecule has 1 N–H and O–H groups in total. The van der Waals surface area contributed by atoms with E-state index in [0.29, 0.717) is 16.5 Å². The maximum absolute atomic E-state index is 13.8. The number of aromatic nitrogens is 3. The second kappa shape index (κ2) is 9.05. The van der Waals surface area contributed by atoms with E-state index in [1.54, 1.807) is 16.7 Å².